The first kappa shape index (κ1) is 13.3. The third-order valence-corrected chi connectivity index (χ3v) is 4.15. The van der Waals surface area contributed by atoms with E-state index in [-0.39, 0.29) is 5.41 Å². The van der Waals surface area contributed by atoms with Crippen LogP contribution in [0.1, 0.15) is 16.7 Å². The summed E-state index contributed by atoms with van der Waals surface area (Å²) in [5, 5.41) is 3.25. The third-order valence-electron chi connectivity index (χ3n) is 4.15. The fourth-order valence-electron chi connectivity index (χ4n) is 2.81. The Hall–Kier alpha value is -1.74. The second-order valence-electron chi connectivity index (χ2n) is 5.64. The molecule has 1 N–H and O–H groups in total. The van der Waals surface area contributed by atoms with Crippen LogP contribution in [0.5, 0.6) is 0 Å². The van der Waals surface area contributed by atoms with E-state index in [1.165, 1.54) is 11.1 Å². The van der Waals surface area contributed by atoms with Gasteiger partial charge in [0.2, 0.25) is 0 Å². The fourth-order valence-corrected chi connectivity index (χ4v) is 2.81. The largest absolute Gasteiger partial charge is 0.315 e. The van der Waals surface area contributed by atoms with Crippen LogP contribution in [-0.4, -0.2) is 13.1 Å². The van der Waals surface area contributed by atoms with Gasteiger partial charge in [-0.25, -0.2) is 8.78 Å². The highest BCUT2D eigenvalue weighted by Crippen LogP contribution is 2.33. The molecule has 2 aromatic rings. The molecule has 0 aliphatic carbocycles. The van der Waals surface area contributed by atoms with Crippen LogP contribution in [0.2, 0.25) is 0 Å². The Morgan fingerprint density at radius 1 is 1.05 bits per heavy atom. The molecule has 104 valence electrons. The van der Waals surface area contributed by atoms with Gasteiger partial charge in [0.05, 0.1) is 0 Å². The van der Waals surface area contributed by atoms with Gasteiger partial charge in [0.25, 0.3) is 0 Å². The van der Waals surface area contributed by atoms with Crippen LogP contribution in [0.4, 0.5) is 8.78 Å². The smallest absolute Gasteiger partial charge is 0.162 e. The maximum absolute atomic E-state index is 13.9. The summed E-state index contributed by atoms with van der Waals surface area (Å²) >= 11 is 0. The van der Waals surface area contributed by atoms with Crippen LogP contribution in [0.25, 0.3) is 0 Å². The van der Waals surface area contributed by atoms with E-state index in [1.54, 1.807) is 12.1 Å². The summed E-state index contributed by atoms with van der Waals surface area (Å²) in [5.74, 6) is -1.49. The number of hydrogen-bond donors (Lipinski definition) is 1. The molecule has 3 heteroatoms. The Bertz CT molecular complexity index is 615. The van der Waals surface area contributed by atoms with Crippen molar-refractivity contribution in [3.05, 3.63) is 70.8 Å². The lowest BCUT2D eigenvalue weighted by atomic mass is 9.71. The van der Waals surface area contributed by atoms with Crippen LogP contribution in [0, 0.1) is 18.6 Å². The Balaban J connectivity index is 1.94. The quantitative estimate of drug-likeness (QED) is 0.904. The Morgan fingerprint density at radius 3 is 2.35 bits per heavy atom. The number of rotatable bonds is 3. The zero-order valence-electron chi connectivity index (χ0n) is 11.4. The first-order chi connectivity index (χ1) is 9.61. The molecule has 1 fully saturated rings. The van der Waals surface area contributed by atoms with Crippen molar-refractivity contribution in [3.63, 3.8) is 0 Å². The summed E-state index contributed by atoms with van der Waals surface area (Å²) in [6.45, 7) is 3.64. The highest BCUT2D eigenvalue weighted by molar-refractivity contribution is 5.35. The minimum atomic E-state index is -0.770. The van der Waals surface area contributed by atoms with E-state index in [0.29, 0.717) is 12.0 Å². The van der Waals surface area contributed by atoms with Crippen molar-refractivity contribution in [3.8, 4) is 0 Å². The van der Waals surface area contributed by atoms with E-state index in [4.69, 9.17) is 0 Å². The van der Waals surface area contributed by atoms with E-state index in [1.807, 2.05) is 6.92 Å². The minimum absolute atomic E-state index is 0.123. The summed E-state index contributed by atoms with van der Waals surface area (Å²) in [6.07, 6.45) is 0.520. The lowest BCUT2D eigenvalue weighted by Crippen LogP contribution is -2.58. The lowest BCUT2D eigenvalue weighted by Gasteiger charge is -2.43. The minimum Gasteiger partial charge on any atom is -0.315 e. The van der Waals surface area contributed by atoms with E-state index in [0.717, 1.165) is 19.2 Å². The number of halogens is 2. The zero-order chi connectivity index (χ0) is 14.2. The second-order valence-corrected chi connectivity index (χ2v) is 5.64. The molecule has 0 atom stereocenters. The monoisotopic (exact) mass is 273 g/mol. The molecule has 0 bridgehead atoms. The molecular formula is C17H17F2N. The predicted octanol–water partition coefficient (Wildman–Crippen LogP) is 3.36. The molecule has 0 unspecified atom stereocenters. The molecule has 0 saturated carbocycles. The van der Waals surface area contributed by atoms with Crippen LogP contribution in [0.15, 0.2) is 42.5 Å². The summed E-state index contributed by atoms with van der Waals surface area (Å²) in [7, 11) is 0. The second kappa shape index (κ2) is 4.98. The van der Waals surface area contributed by atoms with Crippen molar-refractivity contribution in [2.75, 3.05) is 13.1 Å². The average Bonchev–Trinajstić information content (AvgIpc) is 2.40. The highest BCUT2D eigenvalue weighted by Gasteiger charge is 2.39. The molecule has 0 spiro atoms. The molecule has 1 nitrogen and oxygen atoms in total. The normalized spacial score (nSPS) is 16.8. The van der Waals surface area contributed by atoms with Gasteiger partial charge in [-0.3, -0.25) is 0 Å². The van der Waals surface area contributed by atoms with Gasteiger partial charge in [0.1, 0.15) is 0 Å². The molecule has 1 saturated heterocycles. The maximum atomic E-state index is 13.9. The summed E-state index contributed by atoms with van der Waals surface area (Å²) < 4.78 is 27.2. The van der Waals surface area contributed by atoms with Gasteiger partial charge in [-0.1, -0.05) is 42.0 Å². The molecular weight excluding hydrogens is 256 g/mol. The highest BCUT2D eigenvalue weighted by atomic mass is 19.2. The van der Waals surface area contributed by atoms with Gasteiger partial charge in [-0.2, -0.15) is 0 Å². The first-order valence-electron chi connectivity index (χ1n) is 6.81. The molecule has 1 heterocycles. The van der Waals surface area contributed by atoms with E-state index in [9.17, 15) is 8.78 Å². The summed E-state index contributed by atoms with van der Waals surface area (Å²) in [5.41, 5.74) is 2.72. The molecule has 1 aliphatic rings. The molecule has 2 aromatic carbocycles. The van der Waals surface area contributed by atoms with Crippen LogP contribution < -0.4 is 5.32 Å². The number of aryl methyl sites for hydroxylation is 1. The van der Waals surface area contributed by atoms with Gasteiger partial charge in [0, 0.05) is 18.5 Å². The molecule has 0 aromatic heterocycles. The molecule has 3 rings (SSSR count). The van der Waals surface area contributed by atoms with Crippen LogP contribution in [0.3, 0.4) is 0 Å². The summed E-state index contributed by atoms with van der Waals surface area (Å²) in [4.78, 5) is 0. The van der Waals surface area contributed by atoms with Crippen molar-refractivity contribution < 1.29 is 8.78 Å². The van der Waals surface area contributed by atoms with Crippen molar-refractivity contribution in [2.45, 2.75) is 18.8 Å². The zero-order valence-corrected chi connectivity index (χ0v) is 11.4. The lowest BCUT2D eigenvalue weighted by molar-refractivity contribution is 0.271. The van der Waals surface area contributed by atoms with Crippen LogP contribution in [-0.2, 0) is 11.8 Å². The Kier molecular flexibility index (Phi) is 3.30. The van der Waals surface area contributed by atoms with Crippen LogP contribution >= 0.6 is 0 Å². The molecule has 0 radical (unpaired) electrons. The Morgan fingerprint density at radius 2 is 1.75 bits per heavy atom. The van der Waals surface area contributed by atoms with Gasteiger partial charge in [0.15, 0.2) is 11.6 Å². The summed E-state index contributed by atoms with van der Waals surface area (Å²) in [6, 6.07) is 12.7. The van der Waals surface area contributed by atoms with E-state index >= 15 is 0 Å². The average molecular weight is 273 g/mol. The van der Waals surface area contributed by atoms with Crippen molar-refractivity contribution in [1.82, 2.24) is 5.32 Å². The molecule has 1 aliphatic heterocycles. The third kappa shape index (κ3) is 2.22. The molecule has 20 heavy (non-hydrogen) atoms. The first-order valence-corrected chi connectivity index (χ1v) is 6.81. The number of nitrogens with one attached hydrogen (secondary N) is 1. The number of benzene rings is 2. The van der Waals surface area contributed by atoms with E-state index in [2.05, 4.69) is 29.6 Å². The topological polar surface area (TPSA) is 12.0 Å². The van der Waals surface area contributed by atoms with Crippen molar-refractivity contribution in [1.29, 1.82) is 0 Å². The number of hydrogen-bond acceptors (Lipinski definition) is 1. The van der Waals surface area contributed by atoms with Crippen molar-refractivity contribution in [2.24, 2.45) is 0 Å². The predicted molar refractivity (Wildman–Crippen MR) is 75.8 cm³/mol. The van der Waals surface area contributed by atoms with Gasteiger partial charge in [-0.15, -0.1) is 0 Å². The standard InChI is InChI=1S/C17H17F2N/c1-12-5-7-14(8-6-12)17(10-20-11-17)9-13-3-2-4-15(18)16(13)19/h2-8,20H,9-11H2,1H3. The van der Waals surface area contributed by atoms with Crippen molar-refractivity contribution >= 4 is 0 Å². The molecule has 0 amide bonds. The SMILES string of the molecule is Cc1ccc(C2(Cc3cccc(F)c3F)CNC2)cc1. The maximum Gasteiger partial charge on any atom is 0.162 e. The van der Waals surface area contributed by atoms with Gasteiger partial charge in [-0.05, 0) is 30.5 Å². The van der Waals surface area contributed by atoms with Gasteiger partial charge < -0.3 is 5.32 Å². The Labute approximate surface area is 117 Å². The van der Waals surface area contributed by atoms with Gasteiger partial charge >= 0.3 is 0 Å². The fraction of sp³-hybridized carbons (Fsp3) is 0.294. The van der Waals surface area contributed by atoms with E-state index < -0.39 is 11.6 Å².